The first kappa shape index (κ1) is 12.1. The fourth-order valence-corrected chi connectivity index (χ4v) is 1.98. The molecule has 1 N–H and O–H groups in total. The van der Waals surface area contributed by atoms with E-state index in [2.05, 4.69) is 26.2 Å². The van der Waals surface area contributed by atoms with Gasteiger partial charge in [-0.15, -0.1) is 0 Å². The highest BCUT2D eigenvalue weighted by Gasteiger charge is 2.12. The lowest BCUT2D eigenvalue weighted by Crippen LogP contribution is -2.27. The minimum Gasteiger partial charge on any atom is -0.383 e. The zero-order valence-corrected chi connectivity index (χ0v) is 10.9. The molecule has 90 valence electrons. The summed E-state index contributed by atoms with van der Waals surface area (Å²) in [6.45, 7) is 0.971. The molecule has 0 atom stereocenters. The number of imidazole rings is 1. The highest BCUT2D eigenvalue weighted by atomic mass is 79.9. The molecule has 6 heteroatoms. The van der Waals surface area contributed by atoms with E-state index in [0.29, 0.717) is 24.4 Å². The lowest BCUT2D eigenvalue weighted by Gasteiger charge is -2.06. The highest BCUT2D eigenvalue weighted by Crippen LogP contribution is 2.16. The molecule has 0 aliphatic heterocycles. The quantitative estimate of drug-likeness (QED) is 0.870. The van der Waals surface area contributed by atoms with Crippen LogP contribution in [-0.2, 0) is 4.74 Å². The number of amides is 1. The minimum absolute atomic E-state index is 0.153. The van der Waals surface area contributed by atoms with Gasteiger partial charge < -0.3 is 14.5 Å². The normalized spacial score (nSPS) is 10.7. The van der Waals surface area contributed by atoms with Crippen molar-refractivity contribution in [2.45, 2.75) is 0 Å². The number of ether oxygens (including phenoxy) is 1. The second kappa shape index (κ2) is 5.29. The molecule has 0 saturated heterocycles. The van der Waals surface area contributed by atoms with Crippen molar-refractivity contribution in [3.63, 3.8) is 0 Å². The molecule has 2 rings (SSSR count). The molecule has 0 radical (unpaired) electrons. The number of halogens is 1. The molecule has 1 amide bonds. The maximum Gasteiger partial charge on any atom is 0.255 e. The monoisotopic (exact) mass is 297 g/mol. The molecule has 0 fully saturated rings. The Hall–Kier alpha value is -1.40. The van der Waals surface area contributed by atoms with Crippen LogP contribution in [0.4, 0.5) is 0 Å². The van der Waals surface area contributed by atoms with Gasteiger partial charge in [0.05, 0.1) is 12.2 Å². The molecule has 5 nitrogen and oxygen atoms in total. The molecule has 2 heterocycles. The van der Waals surface area contributed by atoms with Gasteiger partial charge in [0.1, 0.15) is 5.65 Å². The standard InChI is InChI=1S/C11H12BrN3O2/c1-17-5-3-14-11(16)9-6-8(12)7-15-4-2-13-10(9)15/h2,4,6-7H,3,5H2,1H3,(H,14,16). The lowest BCUT2D eigenvalue weighted by atomic mass is 10.2. The molecule has 0 aromatic carbocycles. The van der Waals surface area contributed by atoms with Crippen molar-refractivity contribution in [1.82, 2.24) is 14.7 Å². The van der Waals surface area contributed by atoms with Crippen LogP contribution in [0.5, 0.6) is 0 Å². The number of methoxy groups -OCH3 is 1. The number of hydrogen-bond donors (Lipinski definition) is 1. The summed E-state index contributed by atoms with van der Waals surface area (Å²) in [6.07, 6.45) is 5.31. The summed E-state index contributed by atoms with van der Waals surface area (Å²) in [5, 5.41) is 2.77. The van der Waals surface area contributed by atoms with Crippen LogP contribution < -0.4 is 5.32 Å². The van der Waals surface area contributed by atoms with Gasteiger partial charge in [-0.3, -0.25) is 4.79 Å². The van der Waals surface area contributed by atoms with Crippen molar-refractivity contribution >= 4 is 27.5 Å². The summed E-state index contributed by atoms with van der Waals surface area (Å²) in [4.78, 5) is 16.1. The van der Waals surface area contributed by atoms with Crippen LogP contribution in [0.1, 0.15) is 10.4 Å². The van der Waals surface area contributed by atoms with Gasteiger partial charge in [-0.05, 0) is 22.0 Å². The van der Waals surface area contributed by atoms with Gasteiger partial charge in [0.15, 0.2) is 0 Å². The number of hydrogen-bond acceptors (Lipinski definition) is 3. The topological polar surface area (TPSA) is 55.6 Å². The number of nitrogens with one attached hydrogen (secondary N) is 1. The molecular weight excluding hydrogens is 286 g/mol. The van der Waals surface area contributed by atoms with Gasteiger partial charge in [-0.25, -0.2) is 4.98 Å². The van der Waals surface area contributed by atoms with Crippen molar-refractivity contribution in [2.75, 3.05) is 20.3 Å². The molecule has 17 heavy (non-hydrogen) atoms. The number of pyridine rings is 1. The molecule has 2 aromatic heterocycles. The van der Waals surface area contributed by atoms with E-state index >= 15 is 0 Å². The van der Waals surface area contributed by atoms with Crippen LogP contribution in [0.3, 0.4) is 0 Å². The molecule has 0 aliphatic carbocycles. The summed E-state index contributed by atoms with van der Waals surface area (Å²) >= 11 is 3.36. The predicted octanol–water partition coefficient (Wildman–Crippen LogP) is 1.47. The average molecular weight is 298 g/mol. The predicted molar refractivity (Wildman–Crippen MR) is 67.1 cm³/mol. The first-order chi connectivity index (χ1) is 8.22. The van der Waals surface area contributed by atoms with Gasteiger partial charge >= 0.3 is 0 Å². The number of carbonyl (C=O) groups is 1. The Kier molecular flexibility index (Phi) is 3.75. The maximum atomic E-state index is 11.9. The van der Waals surface area contributed by atoms with Crippen LogP contribution in [0.25, 0.3) is 5.65 Å². The Morgan fingerprint density at radius 3 is 3.24 bits per heavy atom. The summed E-state index contributed by atoms with van der Waals surface area (Å²) in [5.41, 5.74) is 1.18. The van der Waals surface area contributed by atoms with Crippen molar-refractivity contribution in [3.8, 4) is 0 Å². The van der Waals surface area contributed by atoms with Gasteiger partial charge in [-0.2, -0.15) is 0 Å². The molecule has 0 unspecified atom stereocenters. The molecule has 0 aliphatic rings. The van der Waals surface area contributed by atoms with Crippen LogP contribution >= 0.6 is 15.9 Å². The average Bonchev–Trinajstić information content (AvgIpc) is 2.75. The van der Waals surface area contributed by atoms with E-state index < -0.39 is 0 Å². The summed E-state index contributed by atoms with van der Waals surface area (Å²) < 4.78 is 7.51. The zero-order chi connectivity index (χ0) is 12.3. The van der Waals surface area contributed by atoms with Crippen molar-refractivity contribution in [2.24, 2.45) is 0 Å². The van der Waals surface area contributed by atoms with Crippen molar-refractivity contribution < 1.29 is 9.53 Å². The summed E-state index contributed by atoms with van der Waals surface area (Å²) in [5.74, 6) is -0.153. The van der Waals surface area contributed by atoms with Gasteiger partial charge in [0, 0.05) is 36.7 Å². The Bertz CT molecular complexity index is 538. The maximum absolute atomic E-state index is 11.9. The van der Waals surface area contributed by atoms with E-state index in [1.807, 2.05) is 6.20 Å². The Balaban J connectivity index is 2.27. The first-order valence-corrected chi connectivity index (χ1v) is 5.91. The molecule has 0 saturated carbocycles. The SMILES string of the molecule is COCCNC(=O)c1cc(Br)cn2ccnc12. The minimum atomic E-state index is -0.153. The number of carbonyl (C=O) groups excluding carboxylic acids is 1. The van der Waals surface area contributed by atoms with Gasteiger partial charge in [0.2, 0.25) is 0 Å². The highest BCUT2D eigenvalue weighted by molar-refractivity contribution is 9.10. The third kappa shape index (κ3) is 2.65. The molecule has 0 bridgehead atoms. The van der Waals surface area contributed by atoms with Crippen molar-refractivity contribution in [3.05, 3.63) is 34.7 Å². The van der Waals surface area contributed by atoms with Crippen LogP contribution in [-0.4, -0.2) is 35.6 Å². The van der Waals surface area contributed by atoms with Crippen LogP contribution in [0, 0.1) is 0 Å². The number of nitrogens with zero attached hydrogens (tertiary/aromatic N) is 2. The van der Waals surface area contributed by atoms with E-state index in [-0.39, 0.29) is 5.91 Å². The second-order valence-electron chi connectivity index (χ2n) is 3.48. The van der Waals surface area contributed by atoms with E-state index in [9.17, 15) is 4.79 Å². The number of aromatic nitrogens is 2. The number of rotatable bonds is 4. The lowest BCUT2D eigenvalue weighted by molar-refractivity contribution is 0.0938. The van der Waals surface area contributed by atoms with E-state index in [4.69, 9.17) is 4.74 Å². The Labute approximate surface area is 107 Å². The molecular formula is C11H12BrN3O2. The zero-order valence-electron chi connectivity index (χ0n) is 9.31. The van der Waals surface area contributed by atoms with Crippen molar-refractivity contribution in [1.29, 1.82) is 0 Å². The summed E-state index contributed by atoms with van der Waals surface area (Å²) in [6, 6.07) is 1.75. The van der Waals surface area contributed by atoms with Gasteiger partial charge in [-0.1, -0.05) is 0 Å². The fraction of sp³-hybridized carbons (Fsp3) is 0.273. The third-order valence-corrected chi connectivity index (χ3v) is 2.72. The van der Waals surface area contributed by atoms with E-state index in [1.165, 1.54) is 0 Å². The molecule has 0 spiro atoms. The van der Waals surface area contributed by atoms with E-state index in [1.54, 1.807) is 30.0 Å². The van der Waals surface area contributed by atoms with Crippen LogP contribution in [0.15, 0.2) is 29.1 Å². The first-order valence-electron chi connectivity index (χ1n) is 5.11. The largest absolute Gasteiger partial charge is 0.383 e. The Morgan fingerprint density at radius 2 is 2.47 bits per heavy atom. The van der Waals surface area contributed by atoms with E-state index in [0.717, 1.165) is 4.47 Å². The third-order valence-electron chi connectivity index (χ3n) is 2.29. The summed E-state index contributed by atoms with van der Waals surface area (Å²) in [7, 11) is 1.60. The smallest absolute Gasteiger partial charge is 0.255 e. The number of fused-ring (bicyclic) bond motifs is 1. The second-order valence-corrected chi connectivity index (χ2v) is 4.39. The van der Waals surface area contributed by atoms with Crippen LogP contribution in [0.2, 0.25) is 0 Å². The Morgan fingerprint density at radius 1 is 1.65 bits per heavy atom. The fourth-order valence-electron chi connectivity index (χ4n) is 1.53. The van der Waals surface area contributed by atoms with Gasteiger partial charge in [0.25, 0.3) is 5.91 Å². The molecule has 2 aromatic rings.